The van der Waals surface area contributed by atoms with Crippen molar-refractivity contribution in [1.82, 2.24) is 0 Å². The SMILES string of the molecule is COC(=O)C1=C(O)C(=Cc2ccc(OC)c(O)c2)SC1=Nc1ccccc1. The molecule has 0 amide bonds. The Morgan fingerprint density at radius 3 is 2.48 bits per heavy atom. The Hall–Kier alpha value is -3.19. The van der Waals surface area contributed by atoms with Crippen LogP contribution in [0.25, 0.3) is 6.08 Å². The van der Waals surface area contributed by atoms with Gasteiger partial charge in [0.1, 0.15) is 16.4 Å². The number of aliphatic hydroxyl groups excluding tert-OH is 1. The largest absolute Gasteiger partial charge is 0.506 e. The fraction of sp³-hybridized carbons (Fsp3) is 0.100. The third kappa shape index (κ3) is 3.98. The Morgan fingerprint density at radius 1 is 1.11 bits per heavy atom. The average molecular weight is 383 g/mol. The number of esters is 1. The molecule has 0 aliphatic carbocycles. The lowest BCUT2D eigenvalue weighted by Gasteiger charge is -2.04. The average Bonchev–Trinajstić information content (AvgIpc) is 2.97. The van der Waals surface area contributed by atoms with Crippen molar-refractivity contribution in [3.8, 4) is 11.5 Å². The maximum atomic E-state index is 12.1. The van der Waals surface area contributed by atoms with Crippen LogP contribution in [0.1, 0.15) is 5.56 Å². The molecule has 3 rings (SSSR count). The van der Waals surface area contributed by atoms with Gasteiger partial charge in [0.15, 0.2) is 11.5 Å². The number of hydrogen-bond donors (Lipinski definition) is 2. The molecular weight excluding hydrogens is 366 g/mol. The topological polar surface area (TPSA) is 88.4 Å². The van der Waals surface area contributed by atoms with E-state index in [4.69, 9.17) is 9.47 Å². The molecule has 0 saturated heterocycles. The van der Waals surface area contributed by atoms with Gasteiger partial charge in [-0.1, -0.05) is 36.0 Å². The monoisotopic (exact) mass is 383 g/mol. The van der Waals surface area contributed by atoms with Crippen molar-refractivity contribution in [2.24, 2.45) is 4.99 Å². The van der Waals surface area contributed by atoms with Crippen molar-refractivity contribution in [1.29, 1.82) is 0 Å². The lowest BCUT2D eigenvalue weighted by molar-refractivity contribution is -0.135. The van der Waals surface area contributed by atoms with E-state index in [1.807, 2.05) is 18.2 Å². The number of hydrogen-bond acceptors (Lipinski definition) is 7. The van der Waals surface area contributed by atoms with Crippen molar-refractivity contribution in [2.75, 3.05) is 14.2 Å². The first-order valence-electron chi connectivity index (χ1n) is 7.96. The predicted molar refractivity (Wildman–Crippen MR) is 105 cm³/mol. The van der Waals surface area contributed by atoms with Crippen LogP contribution in [-0.2, 0) is 9.53 Å². The molecule has 0 atom stereocenters. The third-order valence-corrected chi connectivity index (χ3v) is 4.79. The molecule has 0 aromatic heterocycles. The molecule has 1 heterocycles. The van der Waals surface area contributed by atoms with Crippen molar-refractivity contribution in [3.63, 3.8) is 0 Å². The molecule has 0 saturated carbocycles. The van der Waals surface area contributed by atoms with Crippen molar-refractivity contribution < 1.29 is 24.5 Å². The lowest BCUT2D eigenvalue weighted by Crippen LogP contribution is -2.10. The predicted octanol–water partition coefficient (Wildman–Crippen LogP) is 4.20. The molecule has 0 fully saturated rings. The van der Waals surface area contributed by atoms with Crippen molar-refractivity contribution >= 4 is 34.5 Å². The molecule has 7 heteroatoms. The zero-order valence-corrected chi connectivity index (χ0v) is 15.5. The van der Waals surface area contributed by atoms with E-state index < -0.39 is 5.97 Å². The number of phenolic OH excluding ortho intramolecular Hbond substituents is 1. The van der Waals surface area contributed by atoms with Crippen LogP contribution in [0.5, 0.6) is 11.5 Å². The molecule has 0 unspecified atom stereocenters. The van der Waals surface area contributed by atoms with E-state index in [1.165, 1.54) is 20.3 Å². The van der Waals surface area contributed by atoms with Gasteiger partial charge in [-0.05, 0) is 35.9 Å². The zero-order chi connectivity index (χ0) is 19.4. The fourth-order valence-electron chi connectivity index (χ4n) is 2.46. The highest BCUT2D eigenvalue weighted by Gasteiger charge is 2.33. The molecule has 2 aromatic rings. The van der Waals surface area contributed by atoms with Crippen LogP contribution in [0.4, 0.5) is 5.69 Å². The molecule has 0 radical (unpaired) electrons. The number of benzene rings is 2. The zero-order valence-electron chi connectivity index (χ0n) is 14.7. The minimum atomic E-state index is -0.671. The summed E-state index contributed by atoms with van der Waals surface area (Å²) in [5.41, 5.74) is 1.29. The standard InChI is InChI=1S/C20H17NO5S/c1-25-15-9-8-12(10-14(15)22)11-16-18(23)17(20(24)26-2)19(27-16)21-13-6-4-3-5-7-13/h3-11,22-23H,1-2H3. The lowest BCUT2D eigenvalue weighted by atomic mass is 10.1. The smallest absolute Gasteiger partial charge is 0.344 e. The highest BCUT2D eigenvalue weighted by atomic mass is 32.2. The van der Waals surface area contributed by atoms with Gasteiger partial charge in [0.25, 0.3) is 0 Å². The van der Waals surface area contributed by atoms with Gasteiger partial charge >= 0.3 is 5.97 Å². The van der Waals surface area contributed by atoms with Gasteiger partial charge in [-0.3, -0.25) is 0 Å². The number of ether oxygens (including phenoxy) is 2. The second kappa shape index (κ2) is 8.01. The summed E-state index contributed by atoms with van der Waals surface area (Å²) >= 11 is 1.15. The maximum absolute atomic E-state index is 12.1. The second-order valence-corrected chi connectivity index (χ2v) is 6.54. The maximum Gasteiger partial charge on any atom is 0.344 e. The summed E-state index contributed by atoms with van der Waals surface area (Å²) in [6.45, 7) is 0. The van der Waals surface area contributed by atoms with E-state index in [0.29, 0.717) is 26.9 Å². The fourth-order valence-corrected chi connectivity index (χ4v) is 3.49. The molecule has 2 aromatic carbocycles. The number of aromatic hydroxyl groups is 1. The van der Waals surface area contributed by atoms with Crippen LogP contribution in [0, 0.1) is 0 Å². The molecule has 0 bridgehead atoms. The van der Waals surface area contributed by atoms with Gasteiger partial charge in [-0.15, -0.1) is 0 Å². The van der Waals surface area contributed by atoms with E-state index in [-0.39, 0.29) is 17.1 Å². The Kier molecular flexibility index (Phi) is 5.52. The number of aliphatic imine (C=N–C) groups is 1. The minimum absolute atomic E-state index is 0.00957. The van der Waals surface area contributed by atoms with E-state index in [9.17, 15) is 15.0 Å². The summed E-state index contributed by atoms with van der Waals surface area (Å²) in [6, 6.07) is 14.0. The molecule has 27 heavy (non-hydrogen) atoms. The molecule has 138 valence electrons. The Morgan fingerprint density at radius 2 is 1.85 bits per heavy atom. The molecule has 1 aliphatic rings. The number of carbonyl (C=O) groups is 1. The Bertz CT molecular complexity index is 964. The molecule has 6 nitrogen and oxygen atoms in total. The first kappa shape index (κ1) is 18.6. The van der Waals surface area contributed by atoms with Gasteiger partial charge in [-0.25, -0.2) is 9.79 Å². The first-order valence-corrected chi connectivity index (χ1v) is 8.77. The highest BCUT2D eigenvalue weighted by molar-refractivity contribution is 8.18. The Balaban J connectivity index is 2.03. The van der Waals surface area contributed by atoms with Gasteiger partial charge in [0.05, 0.1) is 24.8 Å². The van der Waals surface area contributed by atoms with E-state index >= 15 is 0 Å². The summed E-state index contributed by atoms with van der Waals surface area (Å²) in [5.74, 6) is -0.560. The number of nitrogens with zero attached hydrogens (tertiary/aromatic N) is 1. The number of thioether (sulfide) groups is 1. The van der Waals surface area contributed by atoms with Crippen molar-refractivity contribution in [2.45, 2.75) is 0 Å². The number of methoxy groups -OCH3 is 2. The van der Waals surface area contributed by atoms with Gasteiger partial charge in [0.2, 0.25) is 0 Å². The van der Waals surface area contributed by atoms with Gasteiger partial charge in [0, 0.05) is 0 Å². The molecule has 2 N–H and O–H groups in total. The summed E-state index contributed by atoms with van der Waals surface area (Å²) in [5, 5.41) is 20.8. The quantitative estimate of drug-likeness (QED) is 0.769. The van der Waals surface area contributed by atoms with Crippen LogP contribution in [0.3, 0.4) is 0 Å². The number of aliphatic hydroxyl groups is 1. The number of rotatable bonds is 4. The molecule has 0 spiro atoms. The van der Waals surface area contributed by atoms with Gasteiger partial charge in [-0.2, -0.15) is 0 Å². The van der Waals surface area contributed by atoms with Crippen molar-refractivity contribution in [3.05, 3.63) is 70.3 Å². The van der Waals surface area contributed by atoms with Crippen LogP contribution in [0.15, 0.2) is 69.8 Å². The van der Waals surface area contributed by atoms with E-state index in [2.05, 4.69) is 4.99 Å². The number of para-hydroxylation sites is 1. The summed E-state index contributed by atoms with van der Waals surface area (Å²) in [6.07, 6.45) is 1.65. The summed E-state index contributed by atoms with van der Waals surface area (Å²) in [7, 11) is 2.71. The number of carbonyl (C=O) groups excluding carboxylic acids is 1. The van der Waals surface area contributed by atoms with Crippen LogP contribution >= 0.6 is 11.8 Å². The normalized spacial score (nSPS) is 16.8. The number of phenols is 1. The van der Waals surface area contributed by atoms with E-state index in [1.54, 1.807) is 30.3 Å². The third-order valence-electron chi connectivity index (χ3n) is 3.77. The summed E-state index contributed by atoms with van der Waals surface area (Å²) in [4.78, 5) is 17.0. The van der Waals surface area contributed by atoms with Crippen LogP contribution in [-0.4, -0.2) is 35.4 Å². The Labute approximate surface area is 160 Å². The van der Waals surface area contributed by atoms with Gasteiger partial charge < -0.3 is 19.7 Å². The van der Waals surface area contributed by atoms with E-state index in [0.717, 1.165) is 11.8 Å². The highest BCUT2D eigenvalue weighted by Crippen LogP contribution is 2.40. The molecule has 1 aliphatic heterocycles. The van der Waals surface area contributed by atoms with Crippen LogP contribution < -0.4 is 4.74 Å². The molecular formula is C20H17NO5S. The first-order chi connectivity index (χ1) is 13.0. The minimum Gasteiger partial charge on any atom is -0.506 e. The summed E-state index contributed by atoms with van der Waals surface area (Å²) < 4.78 is 9.81. The van der Waals surface area contributed by atoms with Crippen LogP contribution in [0.2, 0.25) is 0 Å². The second-order valence-electron chi connectivity index (χ2n) is 5.51.